The average molecular weight is 211 g/mol. The van der Waals surface area contributed by atoms with Crippen LogP contribution in [0.2, 0.25) is 0 Å². The number of hydrogen-bond donors (Lipinski definition) is 1. The van der Waals surface area contributed by atoms with Crippen LogP contribution >= 0.6 is 11.3 Å². The van der Waals surface area contributed by atoms with Gasteiger partial charge in [0, 0.05) is 6.42 Å². The minimum atomic E-state index is 0.325. The zero-order valence-corrected chi connectivity index (χ0v) is 8.40. The van der Waals surface area contributed by atoms with E-state index in [1.807, 2.05) is 6.92 Å². The molecule has 0 radical (unpaired) electrons. The molecule has 0 atom stereocenters. The van der Waals surface area contributed by atoms with E-state index in [-0.39, 0.29) is 0 Å². The van der Waals surface area contributed by atoms with Gasteiger partial charge in [-0.15, -0.1) is 21.5 Å². The van der Waals surface area contributed by atoms with Crippen LogP contribution in [0, 0.1) is 6.92 Å². The predicted octanol–water partition coefficient (Wildman–Crippen LogP) is -0.342. The summed E-state index contributed by atoms with van der Waals surface area (Å²) in [6.45, 7) is 2.56. The normalized spacial score (nSPS) is 10.6. The zero-order valence-electron chi connectivity index (χ0n) is 7.58. The molecule has 0 aliphatic rings. The summed E-state index contributed by atoms with van der Waals surface area (Å²) in [6.07, 6.45) is 0.751. The van der Waals surface area contributed by atoms with Gasteiger partial charge in [0.05, 0.1) is 6.54 Å². The second-order valence-electron chi connectivity index (χ2n) is 2.73. The fourth-order valence-corrected chi connectivity index (χ4v) is 1.71. The van der Waals surface area contributed by atoms with Gasteiger partial charge in [0.2, 0.25) is 5.95 Å². The van der Waals surface area contributed by atoms with Gasteiger partial charge in [0.1, 0.15) is 10.0 Å². The highest BCUT2D eigenvalue weighted by atomic mass is 32.1. The Balaban J connectivity index is 1.98. The maximum atomic E-state index is 5.50. The van der Waals surface area contributed by atoms with E-state index in [1.54, 1.807) is 11.3 Å². The molecule has 8 heteroatoms. The number of rotatable bonds is 3. The van der Waals surface area contributed by atoms with Gasteiger partial charge in [-0.1, -0.05) is 5.10 Å². The van der Waals surface area contributed by atoms with Crippen molar-refractivity contribution in [3.05, 3.63) is 10.0 Å². The van der Waals surface area contributed by atoms with Crippen LogP contribution in [0.25, 0.3) is 0 Å². The summed E-state index contributed by atoms with van der Waals surface area (Å²) >= 11 is 1.57. The highest BCUT2D eigenvalue weighted by Crippen LogP contribution is 2.09. The van der Waals surface area contributed by atoms with E-state index in [4.69, 9.17) is 5.73 Å². The van der Waals surface area contributed by atoms with Crippen molar-refractivity contribution in [2.45, 2.75) is 19.9 Å². The lowest BCUT2D eigenvalue weighted by Crippen LogP contribution is -2.07. The first-order valence-corrected chi connectivity index (χ1v) is 4.88. The molecule has 0 aromatic carbocycles. The Morgan fingerprint density at radius 1 is 1.36 bits per heavy atom. The van der Waals surface area contributed by atoms with Crippen LogP contribution in [-0.2, 0) is 13.0 Å². The number of nitrogens with two attached hydrogens (primary N) is 1. The van der Waals surface area contributed by atoms with Crippen LogP contribution in [0.15, 0.2) is 0 Å². The van der Waals surface area contributed by atoms with Crippen molar-refractivity contribution in [3.63, 3.8) is 0 Å². The number of hydrogen-bond acceptors (Lipinski definition) is 7. The fourth-order valence-electron chi connectivity index (χ4n) is 1.01. The van der Waals surface area contributed by atoms with E-state index >= 15 is 0 Å². The number of anilines is 1. The van der Waals surface area contributed by atoms with Crippen LogP contribution in [-0.4, -0.2) is 30.4 Å². The Kier molecular flexibility index (Phi) is 2.35. The third kappa shape index (κ3) is 1.84. The third-order valence-corrected chi connectivity index (χ3v) is 2.56. The van der Waals surface area contributed by atoms with Crippen molar-refractivity contribution >= 4 is 17.3 Å². The predicted molar refractivity (Wildman–Crippen MR) is 50.6 cm³/mol. The molecule has 0 aliphatic carbocycles. The summed E-state index contributed by atoms with van der Waals surface area (Å²) in [7, 11) is 0. The molecule has 0 unspecified atom stereocenters. The summed E-state index contributed by atoms with van der Waals surface area (Å²) in [5.74, 6) is 0.325. The molecular weight excluding hydrogens is 202 g/mol. The number of nitrogens with zero attached hydrogens (tertiary/aromatic N) is 6. The van der Waals surface area contributed by atoms with E-state index < -0.39 is 0 Å². The zero-order chi connectivity index (χ0) is 9.97. The fraction of sp³-hybridized carbons (Fsp3) is 0.500. The summed E-state index contributed by atoms with van der Waals surface area (Å²) in [6, 6.07) is 0. The van der Waals surface area contributed by atoms with Gasteiger partial charge in [0.15, 0.2) is 0 Å². The third-order valence-electron chi connectivity index (χ3n) is 1.66. The molecule has 2 N–H and O–H groups in total. The van der Waals surface area contributed by atoms with Crippen LogP contribution in [0.1, 0.15) is 10.0 Å². The lowest BCUT2D eigenvalue weighted by molar-refractivity contribution is 0.592. The molecule has 0 aliphatic heterocycles. The smallest absolute Gasteiger partial charge is 0.240 e. The van der Waals surface area contributed by atoms with E-state index in [9.17, 15) is 0 Å². The van der Waals surface area contributed by atoms with Crippen LogP contribution in [0.5, 0.6) is 0 Å². The van der Waals surface area contributed by atoms with Crippen molar-refractivity contribution in [3.8, 4) is 0 Å². The van der Waals surface area contributed by atoms with Crippen LogP contribution in [0.3, 0.4) is 0 Å². The van der Waals surface area contributed by atoms with E-state index in [1.165, 1.54) is 4.68 Å². The molecule has 0 saturated carbocycles. The second kappa shape index (κ2) is 3.66. The number of aryl methyl sites for hydroxylation is 3. The largest absolute Gasteiger partial charge is 0.367 e. The van der Waals surface area contributed by atoms with Crippen molar-refractivity contribution in [2.75, 3.05) is 5.73 Å². The number of nitrogen functional groups attached to an aromatic ring is 1. The first kappa shape index (κ1) is 9.00. The molecule has 7 nitrogen and oxygen atoms in total. The molecule has 0 amide bonds. The molecule has 2 rings (SSSR count). The van der Waals surface area contributed by atoms with Crippen LogP contribution in [0.4, 0.5) is 5.95 Å². The Morgan fingerprint density at radius 3 is 2.79 bits per heavy atom. The first-order valence-electron chi connectivity index (χ1n) is 4.06. The summed E-state index contributed by atoms with van der Waals surface area (Å²) < 4.78 is 1.54. The van der Waals surface area contributed by atoms with Crippen molar-refractivity contribution < 1.29 is 0 Å². The van der Waals surface area contributed by atoms with Gasteiger partial charge in [-0.3, -0.25) is 0 Å². The molecule has 0 saturated heterocycles. The Labute approximate surface area is 84.0 Å². The second-order valence-corrected chi connectivity index (χ2v) is 3.99. The first-order chi connectivity index (χ1) is 6.75. The van der Waals surface area contributed by atoms with Gasteiger partial charge in [-0.05, 0) is 17.4 Å². The molecule has 2 heterocycles. The summed E-state index contributed by atoms with van der Waals surface area (Å²) in [5, 5.41) is 20.6. The van der Waals surface area contributed by atoms with Crippen molar-refractivity contribution in [1.82, 2.24) is 30.4 Å². The summed E-state index contributed by atoms with van der Waals surface area (Å²) in [4.78, 5) is 0. The van der Waals surface area contributed by atoms with E-state index in [0.29, 0.717) is 12.5 Å². The van der Waals surface area contributed by atoms with Gasteiger partial charge >= 0.3 is 0 Å². The molecule has 0 bridgehead atoms. The molecule has 2 aromatic heterocycles. The highest BCUT2D eigenvalue weighted by Gasteiger charge is 2.04. The Hall–Kier alpha value is -1.57. The van der Waals surface area contributed by atoms with Gasteiger partial charge in [-0.2, -0.15) is 0 Å². The minimum Gasteiger partial charge on any atom is -0.367 e. The lowest BCUT2D eigenvalue weighted by Gasteiger charge is -1.97. The molecule has 14 heavy (non-hydrogen) atoms. The molecule has 2 aromatic rings. The lowest BCUT2D eigenvalue weighted by atomic mass is 10.4. The number of aromatic nitrogens is 6. The molecule has 74 valence electrons. The maximum Gasteiger partial charge on any atom is 0.240 e. The Bertz CT molecular complexity index is 419. The SMILES string of the molecule is Cc1nnc(CCn2nnnc2N)s1. The monoisotopic (exact) mass is 211 g/mol. The average Bonchev–Trinajstić information content (AvgIpc) is 2.72. The highest BCUT2D eigenvalue weighted by molar-refractivity contribution is 7.11. The molecule has 0 spiro atoms. The maximum absolute atomic E-state index is 5.50. The van der Waals surface area contributed by atoms with Gasteiger partial charge in [-0.25, -0.2) is 4.68 Å². The van der Waals surface area contributed by atoms with Crippen molar-refractivity contribution in [1.29, 1.82) is 0 Å². The molecular formula is C6H9N7S. The standard InChI is InChI=1S/C6H9N7S/c1-4-8-9-5(14-4)2-3-13-6(7)10-11-12-13/h2-3H2,1H3,(H2,7,10,12). The Morgan fingerprint density at radius 2 is 2.21 bits per heavy atom. The van der Waals surface area contributed by atoms with Gasteiger partial charge < -0.3 is 5.73 Å². The quantitative estimate of drug-likeness (QED) is 0.746. The minimum absolute atomic E-state index is 0.325. The van der Waals surface area contributed by atoms with Crippen LogP contribution < -0.4 is 5.73 Å². The summed E-state index contributed by atoms with van der Waals surface area (Å²) in [5.41, 5.74) is 5.50. The molecule has 0 fully saturated rings. The van der Waals surface area contributed by atoms with Gasteiger partial charge in [0.25, 0.3) is 0 Å². The topological polar surface area (TPSA) is 95.4 Å². The number of tetrazole rings is 1. The van der Waals surface area contributed by atoms with E-state index in [2.05, 4.69) is 25.7 Å². The van der Waals surface area contributed by atoms with Crippen molar-refractivity contribution in [2.24, 2.45) is 0 Å². The van der Waals surface area contributed by atoms with E-state index in [0.717, 1.165) is 16.4 Å².